The van der Waals surface area contributed by atoms with Crippen molar-refractivity contribution in [2.75, 3.05) is 20.5 Å². The standard InChI is InChI=1S/2C19H12BrCl3N4.C16H20O6S2/c2*20-13-8-6-12(7-9-13)19-24-26(15-4-2-1-3-5-15)27(25-19)18-16(22)10-14(21)11-17(18)23;1-9(2)13-11-7-5-6-8-12(11)15(23(17,18)19)16(24(20,21)22)14(13)10(3)4/h2*1-11H,(H,24,25);5-10H,1-4H3,(H,17,18,19)(H,20,21,22). The number of benzene rings is 8. The third-order valence-corrected chi connectivity index (χ3v) is 16.3. The second kappa shape index (κ2) is 24.6. The van der Waals surface area contributed by atoms with Crippen molar-refractivity contribution in [3.63, 3.8) is 0 Å². The molecule has 8 aromatic rings. The van der Waals surface area contributed by atoms with Crippen molar-refractivity contribution in [2.45, 2.75) is 49.3 Å². The van der Waals surface area contributed by atoms with Crippen LogP contribution in [0.15, 0.2) is 187 Å². The molecule has 0 spiro atoms. The van der Waals surface area contributed by atoms with Crippen molar-refractivity contribution < 1.29 is 25.9 Å². The van der Waals surface area contributed by atoms with Crippen LogP contribution in [-0.4, -0.2) is 37.6 Å². The Hall–Kier alpha value is -5.32. The van der Waals surface area contributed by atoms with E-state index in [0.717, 1.165) is 31.4 Å². The van der Waals surface area contributed by atoms with Gasteiger partial charge in [-0.15, -0.1) is 10.2 Å². The van der Waals surface area contributed by atoms with Crippen LogP contribution >= 0.6 is 101 Å². The molecule has 2 aliphatic rings. The Balaban J connectivity index is 0.000000155. The van der Waals surface area contributed by atoms with Crippen molar-refractivity contribution >= 4 is 167 Å². The molecule has 4 N–H and O–H groups in total. The number of amidine groups is 2. The minimum Gasteiger partial charge on any atom is -0.282 e. The third-order valence-electron chi connectivity index (χ3n) is 11.7. The molecule has 2 aliphatic heterocycles. The van der Waals surface area contributed by atoms with E-state index in [9.17, 15) is 25.9 Å². The van der Waals surface area contributed by atoms with E-state index in [-0.39, 0.29) is 22.8 Å². The Kier molecular flexibility index (Phi) is 18.5. The second-order valence-electron chi connectivity index (χ2n) is 17.7. The van der Waals surface area contributed by atoms with Gasteiger partial charge in [-0.3, -0.25) is 20.0 Å². The number of hydrazine groups is 4. The maximum Gasteiger partial charge on any atom is 0.296 e. The lowest BCUT2D eigenvalue weighted by Gasteiger charge is -2.29. The third kappa shape index (κ3) is 13.1. The highest BCUT2D eigenvalue weighted by Crippen LogP contribution is 2.44. The Morgan fingerprint density at radius 1 is 0.462 bits per heavy atom. The van der Waals surface area contributed by atoms with Crippen LogP contribution in [0.2, 0.25) is 30.1 Å². The van der Waals surface area contributed by atoms with E-state index in [1.807, 2.05) is 123 Å². The summed E-state index contributed by atoms with van der Waals surface area (Å²) < 4.78 is 69.3. The summed E-state index contributed by atoms with van der Waals surface area (Å²) in [6.07, 6.45) is 0. The molecule has 0 saturated heterocycles. The van der Waals surface area contributed by atoms with E-state index in [0.29, 0.717) is 64.1 Å². The highest BCUT2D eigenvalue weighted by Gasteiger charge is 2.35. The average molecular weight is 1340 g/mol. The molecule has 0 aromatic heterocycles. The quantitative estimate of drug-likeness (QED) is 0.0957. The molecule has 8 aromatic carbocycles. The summed E-state index contributed by atoms with van der Waals surface area (Å²) in [6.45, 7) is 7.12. The van der Waals surface area contributed by atoms with Crippen LogP contribution in [0.25, 0.3) is 10.8 Å². The highest BCUT2D eigenvalue weighted by molar-refractivity contribution is 9.10. The van der Waals surface area contributed by atoms with Gasteiger partial charge in [-0.05, 0) is 101 Å². The van der Waals surface area contributed by atoms with Crippen LogP contribution in [0.1, 0.15) is 61.8 Å². The first-order valence-electron chi connectivity index (χ1n) is 23.3. The van der Waals surface area contributed by atoms with Gasteiger partial charge in [0.25, 0.3) is 20.2 Å². The number of hydrazone groups is 2. The molecular formula is C54H44Br2Cl6N8O6S2. The monoisotopic (exact) mass is 1330 g/mol. The molecule has 78 heavy (non-hydrogen) atoms. The zero-order chi connectivity index (χ0) is 56.4. The Labute approximate surface area is 498 Å². The predicted molar refractivity (Wildman–Crippen MR) is 325 cm³/mol. The molecule has 0 unspecified atom stereocenters. The van der Waals surface area contributed by atoms with Gasteiger partial charge in [0.05, 0.1) is 31.5 Å². The minimum absolute atomic E-state index is 0.0701. The molecule has 14 nitrogen and oxygen atoms in total. The molecular weight excluding hydrogens is 1290 g/mol. The molecule has 0 saturated carbocycles. The topological polar surface area (TPSA) is 170 Å². The molecule has 0 fully saturated rings. The molecule has 0 aliphatic carbocycles. The summed E-state index contributed by atoms with van der Waals surface area (Å²) in [5.74, 6) is 0.814. The lowest BCUT2D eigenvalue weighted by molar-refractivity contribution is 0.465. The second-order valence-corrected chi connectivity index (χ2v) is 24.8. The molecule has 10 rings (SSSR count). The van der Waals surface area contributed by atoms with Crippen molar-refractivity contribution in [3.05, 3.63) is 219 Å². The predicted octanol–water partition coefficient (Wildman–Crippen LogP) is 16.6. The van der Waals surface area contributed by atoms with Gasteiger partial charge in [0, 0.05) is 35.5 Å². The molecule has 0 radical (unpaired) electrons. The van der Waals surface area contributed by atoms with E-state index in [1.165, 1.54) is 6.07 Å². The minimum atomic E-state index is -4.88. The number of para-hydroxylation sites is 2. The van der Waals surface area contributed by atoms with Gasteiger partial charge < -0.3 is 0 Å². The first kappa shape index (κ1) is 58.8. The number of hydrogen-bond donors (Lipinski definition) is 4. The van der Waals surface area contributed by atoms with Crippen molar-refractivity contribution in [2.24, 2.45) is 10.2 Å². The van der Waals surface area contributed by atoms with Crippen molar-refractivity contribution in [1.29, 1.82) is 0 Å². The summed E-state index contributed by atoms with van der Waals surface area (Å²) in [6, 6.07) is 48.0. The van der Waals surface area contributed by atoms with Crippen molar-refractivity contribution in [1.82, 2.24) is 10.9 Å². The number of fused-ring (bicyclic) bond motifs is 1. The van der Waals surface area contributed by atoms with Gasteiger partial charge in [0.1, 0.15) is 21.2 Å². The van der Waals surface area contributed by atoms with E-state index in [4.69, 9.17) is 79.8 Å². The SMILES string of the molecule is CC(C)c1c(S(=O)(=O)O)c(S(=O)(=O)O)c2ccccc2c1C(C)C.Clc1cc(Cl)c(N2NC(c3ccc(Br)cc3)=NN2c2ccccc2)c(Cl)c1.Clc1cc(Cl)c(N2NC(c3ccc(Br)cc3)=NN2c2ccccc2)c(Cl)c1. The van der Waals surface area contributed by atoms with Gasteiger partial charge >= 0.3 is 0 Å². The maximum absolute atomic E-state index is 12.0. The molecule has 0 amide bonds. The van der Waals surface area contributed by atoms with Crippen molar-refractivity contribution in [3.8, 4) is 0 Å². The molecule has 2 heterocycles. The fourth-order valence-electron chi connectivity index (χ4n) is 8.46. The maximum atomic E-state index is 12.0. The average Bonchev–Trinajstić information content (AvgIpc) is 4.13. The number of anilines is 4. The number of hydrogen-bond acceptors (Lipinski definition) is 12. The smallest absolute Gasteiger partial charge is 0.282 e. The summed E-state index contributed by atoms with van der Waals surface area (Å²) in [7, 11) is -9.76. The van der Waals surface area contributed by atoms with Gasteiger partial charge in [-0.1, -0.05) is 214 Å². The van der Waals surface area contributed by atoms with E-state index < -0.39 is 30.0 Å². The van der Waals surface area contributed by atoms with E-state index in [2.05, 4.69) is 42.7 Å². The van der Waals surface area contributed by atoms with Crippen LogP contribution in [0.5, 0.6) is 0 Å². The highest BCUT2D eigenvalue weighted by atomic mass is 79.9. The molecule has 24 heteroatoms. The van der Waals surface area contributed by atoms with Gasteiger partial charge in [-0.2, -0.15) is 37.3 Å². The summed E-state index contributed by atoms with van der Waals surface area (Å²) in [4.78, 5) is -1.50. The van der Waals surface area contributed by atoms with Gasteiger partial charge in [0.2, 0.25) is 0 Å². The van der Waals surface area contributed by atoms with Crippen LogP contribution in [-0.2, 0) is 20.2 Å². The first-order chi connectivity index (χ1) is 36.9. The Morgan fingerprint density at radius 2 is 0.795 bits per heavy atom. The van der Waals surface area contributed by atoms with Crippen LogP contribution in [0.4, 0.5) is 22.7 Å². The zero-order valence-corrected chi connectivity index (χ0v) is 50.6. The van der Waals surface area contributed by atoms with Crippen LogP contribution in [0, 0.1) is 0 Å². The first-order valence-corrected chi connectivity index (χ1v) is 30.0. The fourth-order valence-corrected chi connectivity index (χ4v) is 13.3. The normalized spacial score (nSPS) is 13.4. The van der Waals surface area contributed by atoms with Gasteiger partial charge in [0.15, 0.2) is 11.7 Å². The molecule has 0 bridgehead atoms. The fraction of sp³-hybridized carbons (Fsp3) is 0.111. The largest absolute Gasteiger partial charge is 0.296 e. The Morgan fingerprint density at radius 3 is 1.13 bits per heavy atom. The molecule has 0 atom stereocenters. The van der Waals surface area contributed by atoms with Crippen LogP contribution in [0.3, 0.4) is 0 Å². The number of halogens is 8. The summed E-state index contributed by atoms with van der Waals surface area (Å²) in [5, 5.41) is 19.4. The molecule has 404 valence electrons. The number of rotatable bonds is 10. The Bertz CT molecular complexity index is 3620. The van der Waals surface area contributed by atoms with Crippen LogP contribution < -0.4 is 31.3 Å². The van der Waals surface area contributed by atoms with Gasteiger partial charge in [-0.25, -0.2) is 0 Å². The summed E-state index contributed by atoms with van der Waals surface area (Å²) >= 11 is 44.8. The summed E-state index contributed by atoms with van der Waals surface area (Å²) in [5.41, 5.74) is 12.0. The number of nitrogens with one attached hydrogen (secondary N) is 2. The zero-order valence-electron chi connectivity index (χ0n) is 41.2. The van der Waals surface area contributed by atoms with E-state index in [1.54, 1.807) is 76.8 Å². The lowest BCUT2D eigenvalue weighted by atomic mass is 9.86. The number of nitrogens with zero attached hydrogens (tertiary/aromatic N) is 6. The van der Waals surface area contributed by atoms with E-state index >= 15 is 0 Å². The lowest BCUT2D eigenvalue weighted by Crippen LogP contribution is -2.45.